The summed E-state index contributed by atoms with van der Waals surface area (Å²) in [7, 11) is 0. The molecule has 3 aromatic carbocycles. The molecule has 0 unspecified atom stereocenters. The number of halogens is 1. The van der Waals surface area contributed by atoms with Gasteiger partial charge in [-0.3, -0.25) is 4.99 Å². The van der Waals surface area contributed by atoms with Crippen LogP contribution in [-0.2, 0) is 6.42 Å². The molecule has 4 aromatic rings. The Morgan fingerprint density at radius 3 is 2.47 bits per heavy atom. The van der Waals surface area contributed by atoms with Crippen molar-refractivity contribution in [1.82, 2.24) is 4.68 Å². The Hall–Kier alpha value is -3.71. The minimum atomic E-state index is -0.308. The topological polar surface area (TPSA) is 70.1 Å². The van der Waals surface area contributed by atoms with Crippen molar-refractivity contribution in [3.05, 3.63) is 99.9 Å². The van der Waals surface area contributed by atoms with E-state index in [9.17, 15) is 14.6 Å². The van der Waals surface area contributed by atoms with E-state index in [1.165, 1.54) is 41.2 Å². The van der Waals surface area contributed by atoms with Crippen molar-refractivity contribution in [1.29, 1.82) is 0 Å². The molecule has 0 saturated heterocycles. The number of benzene rings is 3. The molecular formula is C25H22FN3O2S. The summed E-state index contributed by atoms with van der Waals surface area (Å²) in [6, 6.07) is 20.7. The average Bonchev–Trinajstić information content (AvgIpc) is 3.17. The monoisotopic (exact) mass is 447 g/mol. The summed E-state index contributed by atoms with van der Waals surface area (Å²) in [5, 5.41) is 26.5. The van der Waals surface area contributed by atoms with Crippen molar-refractivity contribution in [2.75, 3.05) is 6.54 Å². The molecule has 0 atom stereocenters. The highest BCUT2D eigenvalue weighted by Crippen LogP contribution is 2.25. The van der Waals surface area contributed by atoms with Crippen molar-refractivity contribution >= 4 is 17.0 Å². The van der Waals surface area contributed by atoms with Crippen LogP contribution in [0.15, 0.2) is 88.3 Å². The smallest absolute Gasteiger partial charge is 0.206 e. The maximum Gasteiger partial charge on any atom is 0.206 e. The molecule has 2 N–H and O–H groups in total. The first-order valence-corrected chi connectivity index (χ1v) is 11.0. The van der Waals surface area contributed by atoms with Crippen LogP contribution in [0.5, 0.6) is 11.5 Å². The molecule has 32 heavy (non-hydrogen) atoms. The van der Waals surface area contributed by atoms with Crippen LogP contribution >= 0.6 is 11.3 Å². The Morgan fingerprint density at radius 2 is 1.75 bits per heavy atom. The maximum atomic E-state index is 13.4. The van der Waals surface area contributed by atoms with Gasteiger partial charge < -0.3 is 10.2 Å². The fourth-order valence-corrected chi connectivity index (χ4v) is 4.14. The van der Waals surface area contributed by atoms with E-state index < -0.39 is 0 Å². The third kappa shape index (κ3) is 4.95. The zero-order valence-corrected chi connectivity index (χ0v) is 18.3. The van der Waals surface area contributed by atoms with E-state index in [-0.39, 0.29) is 17.3 Å². The van der Waals surface area contributed by atoms with E-state index >= 15 is 0 Å². The molecule has 7 heteroatoms. The predicted octanol–water partition coefficient (Wildman–Crippen LogP) is 5.18. The van der Waals surface area contributed by atoms with Crippen LogP contribution in [0.4, 0.5) is 4.39 Å². The normalized spacial score (nSPS) is 12.3. The highest BCUT2D eigenvalue weighted by atomic mass is 32.1. The van der Waals surface area contributed by atoms with Gasteiger partial charge in [0.05, 0.1) is 11.4 Å². The van der Waals surface area contributed by atoms with E-state index in [4.69, 9.17) is 10.1 Å². The third-order valence-corrected chi connectivity index (χ3v) is 5.79. The molecule has 0 radical (unpaired) electrons. The summed E-state index contributed by atoms with van der Waals surface area (Å²) in [6.07, 6.45) is 0.798. The number of hydrogen-bond acceptors (Lipinski definition) is 5. The molecule has 1 aromatic heterocycles. The van der Waals surface area contributed by atoms with Gasteiger partial charge in [0.15, 0.2) is 0 Å². The quantitative estimate of drug-likeness (QED) is 0.400. The summed E-state index contributed by atoms with van der Waals surface area (Å²) in [5.74, 6) is -0.393. The molecule has 162 valence electrons. The Bertz CT molecular complexity index is 1310. The second-order valence-corrected chi connectivity index (χ2v) is 8.06. The summed E-state index contributed by atoms with van der Waals surface area (Å²) in [4.78, 5) is 5.44. The Morgan fingerprint density at radius 1 is 1.00 bits per heavy atom. The van der Waals surface area contributed by atoms with Crippen LogP contribution < -0.4 is 4.80 Å². The van der Waals surface area contributed by atoms with Gasteiger partial charge in [-0.15, -0.1) is 11.3 Å². The van der Waals surface area contributed by atoms with Crippen LogP contribution in [0, 0.1) is 5.82 Å². The molecule has 0 aliphatic rings. The number of nitrogens with zero attached hydrogens (tertiary/aromatic N) is 3. The second-order valence-electron chi connectivity index (χ2n) is 7.23. The van der Waals surface area contributed by atoms with Crippen molar-refractivity contribution in [2.45, 2.75) is 13.3 Å². The van der Waals surface area contributed by atoms with Gasteiger partial charge in [-0.1, -0.05) is 30.3 Å². The minimum Gasteiger partial charge on any atom is -0.508 e. The maximum absolute atomic E-state index is 13.4. The average molecular weight is 448 g/mol. The first kappa shape index (κ1) is 21.5. The van der Waals surface area contributed by atoms with Gasteiger partial charge in [0.2, 0.25) is 4.80 Å². The van der Waals surface area contributed by atoms with Crippen LogP contribution in [-0.4, -0.2) is 27.1 Å². The zero-order chi connectivity index (χ0) is 22.5. The molecule has 0 fully saturated rings. The zero-order valence-electron chi connectivity index (χ0n) is 17.4. The first-order chi connectivity index (χ1) is 15.5. The van der Waals surface area contributed by atoms with Crippen LogP contribution in [0.1, 0.15) is 18.1 Å². The van der Waals surface area contributed by atoms with Gasteiger partial charge in [0.1, 0.15) is 17.3 Å². The molecule has 0 saturated carbocycles. The Labute approximate surface area is 189 Å². The van der Waals surface area contributed by atoms with Crippen LogP contribution in [0.2, 0.25) is 0 Å². The lowest BCUT2D eigenvalue weighted by Gasteiger charge is -2.08. The standard InChI is InChI=1S/C25H22FN3O2S/c1-17(22-12-11-21(30)15-24(22)31)28-29-23(19-7-9-20(26)10-8-19)16-32-25(29)27-14-13-18-5-3-2-4-6-18/h2-12,15-16,30-31H,13-14H2,1H3. The van der Waals surface area contributed by atoms with Crippen molar-refractivity contribution < 1.29 is 14.6 Å². The SMILES string of the molecule is CC(=Nn1c(-c2ccc(F)cc2)csc1=NCCc1ccccc1)c1ccc(O)cc1O. The third-order valence-electron chi connectivity index (χ3n) is 4.94. The molecule has 0 aliphatic heterocycles. The van der Waals surface area contributed by atoms with Crippen molar-refractivity contribution in [3.8, 4) is 22.8 Å². The van der Waals surface area contributed by atoms with Gasteiger partial charge in [0, 0.05) is 29.1 Å². The highest BCUT2D eigenvalue weighted by Gasteiger charge is 2.11. The van der Waals surface area contributed by atoms with Gasteiger partial charge in [-0.2, -0.15) is 5.10 Å². The van der Waals surface area contributed by atoms with Gasteiger partial charge >= 0.3 is 0 Å². The molecule has 5 nitrogen and oxygen atoms in total. The summed E-state index contributed by atoms with van der Waals surface area (Å²) < 4.78 is 15.2. The number of phenols is 2. The van der Waals surface area contributed by atoms with Gasteiger partial charge in [-0.05, 0) is 55.3 Å². The largest absolute Gasteiger partial charge is 0.508 e. The fraction of sp³-hybridized carbons (Fsp3) is 0.120. The van der Waals surface area contributed by atoms with E-state index in [0.29, 0.717) is 22.6 Å². The number of phenolic OH excluding ortho intramolecular Hbond substituents is 2. The van der Waals surface area contributed by atoms with E-state index in [1.807, 2.05) is 23.6 Å². The molecular weight excluding hydrogens is 425 g/mol. The lowest BCUT2D eigenvalue weighted by atomic mass is 10.1. The van der Waals surface area contributed by atoms with Crippen LogP contribution in [0.25, 0.3) is 11.3 Å². The molecule has 0 spiro atoms. The van der Waals surface area contributed by atoms with Gasteiger partial charge in [0.25, 0.3) is 0 Å². The lowest BCUT2D eigenvalue weighted by molar-refractivity contribution is 0.450. The molecule has 0 bridgehead atoms. The molecule has 4 rings (SSSR count). The molecule has 1 heterocycles. The highest BCUT2D eigenvalue weighted by molar-refractivity contribution is 7.07. The Balaban J connectivity index is 1.75. The predicted molar refractivity (Wildman–Crippen MR) is 126 cm³/mol. The number of thiazole rings is 1. The number of aromatic hydroxyl groups is 2. The van der Waals surface area contributed by atoms with E-state index in [0.717, 1.165) is 17.7 Å². The molecule has 0 aliphatic carbocycles. The first-order valence-electron chi connectivity index (χ1n) is 10.1. The number of rotatable bonds is 6. The number of aromatic nitrogens is 1. The molecule has 0 amide bonds. The van der Waals surface area contributed by atoms with Crippen molar-refractivity contribution in [3.63, 3.8) is 0 Å². The lowest BCUT2D eigenvalue weighted by Crippen LogP contribution is -2.15. The minimum absolute atomic E-state index is 0.0224. The van der Waals surface area contributed by atoms with Crippen molar-refractivity contribution in [2.24, 2.45) is 10.1 Å². The summed E-state index contributed by atoms with van der Waals surface area (Å²) >= 11 is 1.45. The Kier molecular flexibility index (Phi) is 6.47. The van der Waals surface area contributed by atoms with Crippen LogP contribution in [0.3, 0.4) is 0 Å². The number of hydrogen-bond donors (Lipinski definition) is 2. The second kappa shape index (κ2) is 9.62. The van der Waals surface area contributed by atoms with E-state index in [1.54, 1.807) is 29.8 Å². The fourth-order valence-electron chi connectivity index (χ4n) is 3.28. The summed E-state index contributed by atoms with van der Waals surface area (Å²) in [6.45, 7) is 2.37. The van der Waals surface area contributed by atoms with Gasteiger partial charge in [-0.25, -0.2) is 9.07 Å². The van der Waals surface area contributed by atoms with E-state index in [2.05, 4.69) is 12.1 Å². The summed E-state index contributed by atoms with van der Waals surface area (Å²) in [5.41, 5.74) is 3.83.